The van der Waals surface area contributed by atoms with Crippen molar-refractivity contribution in [2.24, 2.45) is 0 Å². The summed E-state index contributed by atoms with van der Waals surface area (Å²) in [5.74, 6) is -0.216. The smallest absolute Gasteiger partial charge is 0.251 e. The first-order chi connectivity index (χ1) is 13.0. The molecule has 0 bridgehead atoms. The molecule has 2 heterocycles. The normalized spacial score (nSPS) is 20.0. The lowest BCUT2D eigenvalue weighted by atomic mass is 10.2. The number of nitrogens with one attached hydrogen (secondary N) is 1. The molecule has 0 aromatic heterocycles. The molecule has 1 aromatic carbocycles. The summed E-state index contributed by atoms with van der Waals surface area (Å²) in [6, 6.07) is 6.36. The minimum Gasteiger partial charge on any atom is -0.352 e. The van der Waals surface area contributed by atoms with Crippen LogP contribution in [-0.2, 0) is 10.0 Å². The summed E-state index contributed by atoms with van der Waals surface area (Å²) in [5, 5.41) is 2.91. The van der Waals surface area contributed by atoms with Gasteiger partial charge in [0.25, 0.3) is 5.91 Å². The monoisotopic (exact) mass is 394 g/mol. The fraction of sp³-hybridized carbons (Fsp3) is 0.632. The number of hydrogen-bond donors (Lipinski definition) is 1. The molecule has 150 valence electrons. The van der Waals surface area contributed by atoms with Crippen LogP contribution in [0.5, 0.6) is 0 Å². The number of sulfonamides is 1. The number of nitrogens with zero attached hydrogens (tertiary/aromatic N) is 3. The Bertz CT molecular complexity index is 739. The van der Waals surface area contributed by atoms with Gasteiger partial charge < -0.3 is 15.1 Å². The fourth-order valence-corrected chi connectivity index (χ4v) is 5.06. The molecule has 2 aliphatic heterocycles. The lowest BCUT2D eigenvalue weighted by Gasteiger charge is -2.31. The van der Waals surface area contributed by atoms with E-state index >= 15 is 0 Å². The van der Waals surface area contributed by atoms with Gasteiger partial charge in [-0.2, -0.15) is 4.31 Å². The van der Waals surface area contributed by atoms with Crippen molar-refractivity contribution in [3.8, 4) is 0 Å². The van der Waals surface area contributed by atoms with Crippen LogP contribution < -0.4 is 5.32 Å². The molecule has 3 rings (SSSR count). The van der Waals surface area contributed by atoms with Crippen LogP contribution in [0, 0.1) is 0 Å². The minimum absolute atomic E-state index is 0.191. The first-order valence-electron chi connectivity index (χ1n) is 9.76. The van der Waals surface area contributed by atoms with Gasteiger partial charge in [0.1, 0.15) is 0 Å². The van der Waals surface area contributed by atoms with Crippen molar-refractivity contribution < 1.29 is 13.2 Å². The molecule has 27 heavy (non-hydrogen) atoms. The van der Waals surface area contributed by atoms with E-state index in [-0.39, 0.29) is 10.8 Å². The fourth-order valence-electron chi connectivity index (χ4n) is 3.59. The molecule has 2 fully saturated rings. The first kappa shape index (κ1) is 20.3. The quantitative estimate of drug-likeness (QED) is 0.694. The van der Waals surface area contributed by atoms with Gasteiger partial charge in [-0.05, 0) is 64.1 Å². The number of likely N-dealkylation sites (N-methyl/N-ethyl adjacent to an activating group) is 1. The van der Waals surface area contributed by atoms with Gasteiger partial charge in [-0.25, -0.2) is 8.42 Å². The van der Waals surface area contributed by atoms with E-state index in [4.69, 9.17) is 0 Å². The molecule has 1 aromatic rings. The highest BCUT2D eigenvalue weighted by atomic mass is 32.2. The predicted octanol–water partition coefficient (Wildman–Crippen LogP) is 0.838. The summed E-state index contributed by atoms with van der Waals surface area (Å²) in [6.07, 6.45) is 3.44. The molecule has 0 unspecified atom stereocenters. The van der Waals surface area contributed by atoms with Gasteiger partial charge in [-0.15, -0.1) is 0 Å². The number of likely N-dealkylation sites (tertiary alicyclic amines) is 1. The summed E-state index contributed by atoms with van der Waals surface area (Å²) in [6.45, 7) is 6.30. The van der Waals surface area contributed by atoms with E-state index in [2.05, 4.69) is 15.1 Å². The number of amides is 1. The number of piperazine rings is 1. The maximum absolute atomic E-state index is 12.8. The second kappa shape index (κ2) is 9.14. The molecule has 0 spiro atoms. The highest BCUT2D eigenvalue weighted by Crippen LogP contribution is 2.18. The van der Waals surface area contributed by atoms with Crippen molar-refractivity contribution in [3.05, 3.63) is 29.8 Å². The van der Waals surface area contributed by atoms with Crippen LogP contribution in [0.3, 0.4) is 0 Å². The van der Waals surface area contributed by atoms with Crippen molar-refractivity contribution >= 4 is 15.9 Å². The van der Waals surface area contributed by atoms with E-state index in [0.717, 1.165) is 39.1 Å². The highest BCUT2D eigenvalue weighted by Gasteiger charge is 2.27. The number of benzene rings is 1. The summed E-state index contributed by atoms with van der Waals surface area (Å²) in [5.41, 5.74) is 0.395. The van der Waals surface area contributed by atoms with Gasteiger partial charge in [0.15, 0.2) is 0 Å². The number of hydrogen-bond acceptors (Lipinski definition) is 5. The van der Waals surface area contributed by atoms with Gasteiger partial charge in [0.05, 0.1) is 4.90 Å². The van der Waals surface area contributed by atoms with E-state index in [9.17, 15) is 13.2 Å². The Morgan fingerprint density at radius 1 is 1.07 bits per heavy atom. The first-order valence-corrected chi connectivity index (χ1v) is 11.2. The summed E-state index contributed by atoms with van der Waals surface area (Å²) < 4.78 is 27.2. The molecular formula is C19H30N4O3S. The Balaban J connectivity index is 1.56. The third kappa shape index (κ3) is 5.28. The molecule has 0 atom stereocenters. The van der Waals surface area contributed by atoms with Crippen LogP contribution in [0.1, 0.15) is 29.6 Å². The van der Waals surface area contributed by atoms with Gasteiger partial charge in [0, 0.05) is 38.3 Å². The topological polar surface area (TPSA) is 73.0 Å². The third-order valence-electron chi connectivity index (χ3n) is 5.33. The molecular weight excluding hydrogens is 364 g/mol. The third-order valence-corrected chi connectivity index (χ3v) is 7.23. The van der Waals surface area contributed by atoms with E-state index in [1.807, 2.05) is 7.05 Å². The van der Waals surface area contributed by atoms with Crippen LogP contribution in [0.4, 0.5) is 0 Å². The van der Waals surface area contributed by atoms with Crippen molar-refractivity contribution in [2.75, 3.05) is 59.4 Å². The lowest BCUT2D eigenvalue weighted by molar-refractivity contribution is 0.0952. The zero-order chi connectivity index (χ0) is 19.3. The van der Waals surface area contributed by atoms with Crippen molar-refractivity contribution in [1.82, 2.24) is 19.4 Å². The maximum Gasteiger partial charge on any atom is 0.251 e. The summed E-state index contributed by atoms with van der Waals surface area (Å²) in [7, 11) is -1.57. The van der Waals surface area contributed by atoms with Crippen LogP contribution in [0.2, 0.25) is 0 Å². The minimum atomic E-state index is -3.56. The van der Waals surface area contributed by atoms with Crippen LogP contribution in [0.15, 0.2) is 29.2 Å². The Kier molecular flexibility index (Phi) is 6.86. The van der Waals surface area contributed by atoms with Crippen LogP contribution in [0.25, 0.3) is 0 Å². The van der Waals surface area contributed by atoms with Crippen molar-refractivity contribution in [1.29, 1.82) is 0 Å². The molecule has 0 saturated carbocycles. The molecule has 7 nitrogen and oxygen atoms in total. The molecule has 0 radical (unpaired) electrons. The van der Waals surface area contributed by atoms with Gasteiger partial charge >= 0.3 is 0 Å². The van der Waals surface area contributed by atoms with E-state index < -0.39 is 10.0 Å². The van der Waals surface area contributed by atoms with Gasteiger partial charge in [0.2, 0.25) is 10.0 Å². The highest BCUT2D eigenvalue weighted by molar-refractivity contribution is 7.89. The van der Waals surface area contributed by atoms with Crippen LogP contribution in [-0.4, -0.2) is 87.8 Å². The van der Waals surface area contributed by atoms with E-state index in [1.165, 1.54) is 23.2 Å². The van der Waals surface area contributed by atoms with Gasteiger partial charge in [-0.3, -0.25) is 4.79 Å². The predicted molar refractivity (Wildman–Crippen MR) is 105 cm³/mol. The van der Waals surface area contributed by atoms with E-state index in [0.29, 0.717) is 25.2 Å². The molecule has 2 aliphatic rings. The number of carbonyl (C=O) groups is 1. The zero-order valence-electron chi connectivity index (χ0n) is 16.1. The second-order valence-corrected chi connectivity index (χ2v) is 9.33. The molecule has 8 heteroatoms. The Morgan fingerprint density at radius 2 is 1.78 bits per heavy atom. The van der Waals surface area contributed by atoms with Gasteiger partial charge in [-0.1, -0.05) is 6.07 Å². The SMILES string of the molecule is CN1CCN(S(=O)(=O)c2cccc(C(=O)NCCCN3CCCC3)c2)CC1. The average molecular weight is 395 g/mol. The Labute approximate surface area is 162 Å². The van der Waals surface area contributed by atoms with Crippen LogP contribution >= 0.6 is 0 Å². The molecule has 1 amide bonds. The average Bonchev–Trinajstić information content (AvgIpc) is 3.19. The molecule has 1 N–H and O–H groups in total. The second-order valence-electron chi connectivity index (χ2n) is 7.39. The number of rotatable bonds is 7. The summed E-state index contributed by atoms with van der Waals surface area (Å²) >= 11 is 0. The zero-order valence-corrected chi connectivity index (χ0v) is 16.9. The standard InChI is InChI=1S/C19H30N4O3S/c1-21-12-14-23(15-13-21)27(25,26)18-7-4-6-17(16-18)19(24)20-8-5-11-22-9-2-3-10-22/h4,6-7,16H,2-3,5,8-15H2,1H3,(H,20,24). The van der Waals surface area contributed by atoms with Crippen molar-refractivity contribution in [2.45, 2.75) is 24.2 Å². The lowest BCUT2D eigenvalue weighted by Crippen LogP contribution is -2.47. The molecule has 0 aliphatic carbocycles. The Morgan fingerprint density at radius 3 is 2.48 bits per heavy atom. The Hall–Kier alpha value is -1.48. The maximum atomic E-state index is 12.8. The van der Waals surface area contributed by atoms with Crippen molar-refractivity contribution in [3.63, 3.8) is 0 Å². The van der Waals surface area contributed by atoms with E-state index in [1.54, 1.807) is 18.2 Å². The molecule has 2 saturated heterocycles. The number of carbonyl (C=O) groups excluding carboxylic acids is 1. The largest absolute Gasteiger partial charge is 0.352 e. The summed E-state index contributed by atoms with van der Waals surface area (Å²) in [4.78, 5) is 17.1.